The number of ether oxygens (including phenoxy) is 2. The number of likely N-dealkylation sites (tertiary alicyclic amines) is 1. The van der Waals surface area contributed by atoms with Gasteiger partial charge in [0.25, 0.3) is 0 Å². The molecule has 2 aliphatic rings. The monoisotopic (exact) mass is 490 g/mol. The molecule has 36 heavy (non-hydrogen) atoms. The fraction of sp³-hybridized carbons (Fsp3) is 0.464. The molecule has 8 nitrogen and oxygen atoms in total. The summed E-state index contributed by atoms with van der Waals surface area (Å²) in [4.78, 5) is 23.6. The van der Waals surface area contributed by atoms with Gasteiger partial charge in [0.2, 0.25) is 0 Å². The summed E-state index contributed by atoms with van der Waals surface area (Å²) in [6.45, 7) is 2.96. The predicted molar refractivity (Wildman–Crippen MR) is 139 cm³/mol. The molecule has 4 heterocycles. The normalized spacial score (nSPS) is 18.5. The molecule has 0 saturated carbocycles. The van der Waals surface area contributed by atoms with E-state index in [0.29, 0.717) is 25.4 Å². The van der Waals surface area contributed by atoms with Crippen molar-refractivity contribution >= 4 is 22.7 Å². The fourth-order valence-corrected chi connectivity index (χ4v) is 5.28. The molecular formula is C28H34N4O4. The van der Waals surface area contributed by atoms with Gasteiger partial charge < -0.3 is 19.9 Å². The second-order valence-electron chi connectivity index (χ2n) is 9.60. The minimum absolute atomic E-state index is 0.0422. The maximum absolute atomic E-state index is 12.4. The van der Waals surface area contributed by atoms with Gasteiger partial charge in [-0.15, -0.1) is 0 Å². The number of aryl methyl sites for hydroxylation is 2. The van der Waals surface area contributed by atoms with Crippen molar-refractivity contribution in [3.05, 3.63) is 59.4 Å². The standard InChI is InChI=1S/C28H34N4O4/c1-35-22-16-24-23(8-4-9-25(24)30-17-22)26(28(33)34)32-14-12-21(18-32)36-15-3-2-7-20-11-10-19-6-5-13-29-27(19)31-20/h4,8-11,16-17,21,26H,2-3,5-7,12-15,18H2,1H3,(H,29,31)(H,33,34)/t21-,26?/m1/s1. The number of pyridine rings is 2. The Balaban J connectivity index is 1.14. The topological polar surface area (TPSA) is 96.8 Å². The summed E-state index contributed by atoms with van der Waals surface area (Å²) in [6, 6.07) is 11.1. The molecule has 3 aromatic rings. The average molecular weight is 491 g/mol. The number of methoxy groups -OCH3 is 1. The highest BCUT2D eigenvalue weighted by Gasteiger charge is 2.35. The molecule has 2 aromatic heterocycles. The zero-order valence-electron chi connectivity index (χ0n) is 20.8. The third kappa shape index (κ3) is 5.44. The van der Waals surface area contributed by atoms with Gasteiger partial charge in [-0.1, -0.05) is 18.2 Å². The van der Waals surface area contributed by atoms with E-state index < -0.39 is 12.0 Å². The smallest absolute Gasteiger partial charge is 0.325 e. The Kier molecular flexibility index (Phi) is 7.63. The van der Waals surface area contributed by atoms with Gasteiger partial charge in [0.1, 0.15) is 17.6 Å². The van der Waals surface area contributed by atoms with Crippen molar-refractivity contribution in [2.24, 2.45) is 0 Å². The van der Waals surface area contributed by atoms with Crippen LogP contribution in [0.15, 0.2) is 42.6 Å². The van der Waals surface area contributed by atoms with Crippen LogP contribution in [0.3, 0.4) is 0 Å². The maximum atomic E-state index is 12.4. The number of unbranched alkanes of at least 4 members (excludes halogenated alkanes) is 1. The lowest BCUT2D eigenvalue weighted by atomic mass is 10.00. The Morgan fingerprint density at radius 3 is 3.06 bits per heavy atom. The summed E-state index contributed by atoms with van der Waals surface area (Å²) in [6.07, 6.45) is 7.72. The molecule has 1 aromatic carbocycles. The van der Waals surface area contributed by atoms with Crippen LogP contribution in [0.2, 0.25) is 0 Å². The minimum atomic E-state index is -0.863. The maximum Gasteiger partial charge on any atom is 0.325 e. The Morgan fingerprint density at radius 2 is 2.19 bits per heavy atom. The number of fused-ring (bicyclic) bond motifs is 2. The van der Waals surface area contributed by atoms with Crippen LogP contribution in [0.5, 0.6) is 5.75 Å². The average Bonchev–Trinajstić information content (AvgIpc) is 3.36. The SMILES string of the molecule is COc1cnc2cccc(C(C(=O)O)N3CC[C@@H](OCCCCc4ccc5c(n4)NCCC5)C3)c2c1. The number of hydrogen-bond acceptors (Lipinski definition) is 7. The highest BCUT2D eigenvalue weighted by molar-refractivity contribution is 5.89. The molecule has 0 bridgehead atoms. The number of aliphatic carboxylic acids is 1. The van der Waals surface area contributed by atoms with E-state index in [1.54, 1.807) is 13.3 Å². The second-order valence-corrected chi connectivity index (χ2v) is 9.60. The molecular weight excluding hydrogens is 456 g/mol. The number of carboxylic acid groups (broad SMARTS) is 1. The number of benzene rings is 1. The van der Waals surface area contributed by atoms with Crippen LogP contribution in [0.25, 0.3) is 10.9 Å². The second kappa shape index (κ2) is 11.2. The van der Waals surface area contributed by atoms with E-state index in [0.717, 1.165) is 66.6 Å². The van der Waals surface area contributed by atoms with E-state index in [9.17, 15) is 9.90 Å². The molecule has 1 unspecified atom stereocenters. The molecule has 2 N–H and O–H groups in total. The Hall–Kier alpha value is -3.23. The van der Waals surface area contributed by atoms with Crippen molar-refractivity contribution in [3.63, 3.8) is 0 Å². The lowest BCUT2D eigenvalue weighted by Gasteiger charge is -2.25. The Morgan fingerprint density at radius 1 is 1.28 bits per heavy atom. The zero-order valence-corrected chi connectivity index (χ0v) is 20.8. The van der Waals surface area contributed by atoms with Crippen LogP contribution in [0.1, 0.15) is 48.5 Å². The van der Waals surface area contributed by atoms with Gasteiger partial charge in [0.05, 0.1) is 24.9 Å². The number of rotatable bonds is 10. The van der Waals surface area contributed by atoms with Gasteiger partial charge in [-0.25, -0.2) is 4.98 Å². The van der Waals surface area contributed by atoms with Crippen molar-refractivity contribution in [1.29, 1.82) is 0 Å². The molecule has 5 rings (SSSR count). The Labute approximate surface area is 211 Å². The van der Waals surface area contributed by atoms with Crippen LogP contribution in [0, 0.1) is 0 Å². The first-order valence-electron chi connectivity index (χ1n) is 12.9. The number of aromatic nitrogens is 2. The summed E-state index contributed by atoms with van der Waals surface area (Å²) >= 11 is 0. The molecule has 2 atom stereocenters. The summed E-state index contributed by atoms with van der Waals surface area (Å²) in [5.74, 6) is 0.802. The van der Waals surface area contributed by atoms with Gasteiger partial charge in [0, 0.05) is 37.3 Å². The van der Waals surface area contributed by atoms with Gasteiger partial charge in [-0.2, -0.15) is 0 Å². The van der Waals surface area contributed by atoms with Crippen LogP contribution < -0.4 is 10.1 Å². The van der Waals surface area contributed by atoms with Crippen molar-refractivity contribution < 1.29 is 19.4 Å². The van der Waals surface area contributed by atoms with E-state index in [-0.39, 0.29) is 6.10 Å². The molecule has 8 heteroatoms. The molecule has 0 radical (unpaired) electrons. The first kappa shape index (κ1) is 24.5. The first-order chi connectivity index (χ1) is 17.6. The predicted octanol–water partition coefficient (Wildman–Crippen LogP) is 4.24. The molecule has 2 aliphatic heterocycles. The van der Waals surface area contributed by atoms with E-state index in [1.165, 1.54) is 12.0 Å². The third-order valence-electron chi connectivity index (χ3n) is 7.17. The lowest BCUT2D eigenvalue weighted by molar-refractivity contribution is -0.143. The van der Waals surface area contributed by atoms with Crippen LogP contribution in [-0.2, 0) is 22.4 Å². The quantitative estimate of drug-likeness (QED) is 0.408. The van der Waals surface area contributed by atoms with E-state index in [4.69, 9.17) is 14.5 Å². The van der Waals surface area contributed by atoms with Crippen molar-refractivity contribution in [2.75, 3.05) is 38.7 Å². The lowest BCUT2D eigenvalue weighted by Crippen LogP contribution is -2.33. The van der Waals surface area contributed by atoms with E-state index >= 15 is 0 Å². The van der Waals surface area contributed by atoms with Gasteiger partial charge in [-0.05, 0) is 67.9 Å². The van der Waals surface area contributed by atoms with Crippen molar-refractivity contribution in [3.8, 4) is 5.75 Å². The summed E-state index contributed by atoms with van der Waals surface area (Å²) in [5.41, 5.74) is 3.94. The van der Waals surface area contributed by atoms with Crippen molar-refractivity contribution in [1.82, 2.24) is 14.9 Å². The molecule has 0 amide bonds. The van der Waals surface area contributed by atoms with Crippen molar-refractivity contribution in [2.45, 2.75) is 50.7 Å². The zero-order chi connectivity index (χ0) is 24.9. The fourth-order valence-electron chi connectivity index (χ4n) is 5.28. The first-order valence-corrected chi connectivity index (χ1v) is 12.9. The number of nitrogens with zero attached hydrogens (tertiary/aromatic N) is 3. The third-order valence-corrected chi connectivity index (χ3v) is 7.17. The number of carbonyl (C=O) groups is 1. The number of nitrogens with one attached hydrogen (secondary N) is 1. The highest BCUT2D eigenvalue weighted by Crippen LogP contribution is 2.32. The highest BCUT2D eigenvalue weighted by atomic mass is 16.5. The molecule has 1 fully saturated rings. The number of anilines is 1. The molecule has 0 spiro atoms. The van der Waals surface area contributed by atoms with Gasteiger partial charge >= 0.3 is 5.97 Å². The molecule has 0 aliphatic carbocycles. The summed E-state index contributed by atoms with van der Waals surface area (Å²) in [7, 11) is 1.59. The largest absolute Gasteiger partial charge is 0.495 e. The van der Waals surface area contributed by atoms with Gasteiger partial charge in [-0.3, -0.25) is 14.7 Å². The van der Waals surface area contributed by atoms with E-state index in [2.05, 4.69) is 22.4 Å². The van der Waals surface area contributed by atoms with Crippen LogP contribution >= 0.6 is 0 Å². The minimum Gasteiger partial charge on any atom is -0.495 e. The summed E-state index contributed by atoms with van der Waals surface area (Å²) in [5, 5.41) is 14.3. The van der Waals surface area contributed by atoms with Crippen LogP contribution in [-0.4, -0.2) is 65.4 Å². The van der Waals surface area contributed by atoms with Crippen LogP contribution in [0.4, 0.5) is 5.82 Å². The Bertz CT molecular complexity index is 1220. The number of carboxylic acids is 1. The van der Waals surface area contributed by atoms with E-state index in [1.807, 2.05) is 29.2 Å². The molecule has 190 valence electrons. The number of hydrogen-bond donors (Lipinski definition) is 2. The summed E-state index contributed by atoms with van der Waals surface area (Å²) < 4.78 is 11.5. The van der Waals surface area contributed by atoms with Gasteiger partial charge in [0.15, 0.2) is 0 Å². The molecule has 1 saturated heterocycles.